The number of carbonyl (C=O) groups is 1. The maximum atomic E-state index is 11.2. The lowest BCUT2D eigenvalue weighted by molar-refractivity contribution is 0.0699. The molecule has 100 valence electrons. The number of aromatic carboxylic acids is 1. The van der Waals surface area contributed by atoms with Gasteiger partial charge in [0.05, 0.1) is 11.7 Å². The van der Waals surface area contributed by atoms with Gasteiger partial charge in [0.1, 0.15) is 0 Å². The number of fused-ring (bicyclic) bond motifs is 1. The summed E-state index contributed by atoms with van der Waals surface area (Å²) in [4.78, 5) is 11.2. The highest BCUT2D eigenvalue weighted by atomic mass is 16.4. The fourth-order valence-electron chi connectivity index (χ4n) is 2.06. The first-order chi connectivity index (χ1) is 9.09. The molecule has 0 aliphatic heterocycles. The number of aliphatic hydroxyl groups excluding tert-OH is 1. The minimum absolute atomic E-state index is 0.302. The Kier molecular flexibility index (Phi) is 4.02. The van der Waals surface area contributed by atoms with E-state index >= 15 is 0 Å². The van der Waals surface area contributed by atoms with Crippen molar-refractivity contribution in [2.24, 2.45) is 0 Å². The summed E-state index contributed by atoms with van der Waals surface area (Å²) in [5.41, 5.74) is 1.19. The molecule has 0 aromatic heterocycles. The molecule has 0 saturated heterocycles. The number of carboxylic acid groups (broad SMARTS) is 1. The van der Waals surface area contributed by atoms with Crippen LogP contribution in [-0.4, -0.2) is 28.8 Å². The number of hydrogen-bond acceptors (Lipinski definition) is 3. The van der Waals surface area contributed by atoms with Crippen molar-refractivity contribution in [3.05, 3.63) is 42.0 Å². The maximum Gasteiger partial charge on any atom is 0.336 e. The molecule has 4 nitrogen and oxygen atoms in total. The molecule has 0 aliphatic rings. The number of hydrogen-bond donors (Lipinski definition) is 3. The molecule has 0 aliphatic carbocycles. The highest BCUT2D eigenvalue weighted by molar-refractivity contribution is 6.07. The highest BCUT2D eigenvalue weighted by Crippen LogP contribution is 2.26. The average molecular weight is 259 g/mol. The fourth-order valence-corrected chi connectivity index (χ4v) is 2.06. The van der Waals surface area contributed by atoms with E-state index in [4.69, 9.17) is 5.11 Å². The standard InChI is InChI=1S/C15H17NO3/c1-10(17)8-9-16-14-7-6-13(15(18)19)11-4-2-3-5-12(11)14/h2-7,10,16-17H,8-9H2,1H3,(H,18,19). The summed E-state index contributed by atoms with van der Waals surface area (Å²) < 4.78 is 0. The van der Waals surface area contributed by atoms with E-state index in [2.05, 4.69) is 5.32 Å². The van der Waals surface area contributed by atoms with Gasteiger partial charge in [-0.2, -0.15) is 0 Å². The van der Waals surface area contributed by atoms with Gasteiger partial charge in [-0.25, -0.2) is 4.79 Å². The number of carboxylic acids is 1. The molecule has 1 unspecified atom stereocenters. The van der Waals surface area contributed by atoms with Crippen LogP contribution >= 0.6 is 0 Å². The summed E-state index contributed by atoms with van der Waals surface area (Å²) in [5, 5.41) is 23.2. The molecule has 2 rings (SSSR count). The molecular formula is C15H17NO3. The van der Waals surface area contributed by atoms with Crippen molar-refractivity contribution in [2.75, 3.05) is 11.9 Å². The molecule has 0 spiro atoms. The van der Waals surface area contributed by atoms with E-state index in [1.807, 2.05) is 18.2 Å². The molecule has 2 aromatic carbocycles. The Morgan fingerprint density at radius 2 is 1.89 bits per heavy atom. The Labute approximate surface area is 111 Å². The second-order valence-electron chi connectivity index (χ2n) is 4.58. The van der Waals surface area contributed by atoms with E-state index < -0.39 is 5.97 Å². The van der Waals surface area contributed by atoms with Gasteiger partial charge in [0.2, 0.25) is 0 Å². The summed E-state index contributed by atoms with van der Waals surface area (Å²) in [6.45, 7) is 2.39. The Balaban J connectivity index is 2.36. The lowest BCUT2D eigenvalue weighted by atomic mass is 10.0. The van der Waals surface area contributed by atoms with E-state index in [-0.39, 0.29) is 6.10 Å². The van der Waals surface area contributed by atoms with Crippen LogP contribution in [0.4, 0.5) is 5.69 Å². The molecule has 3 N–H and O–H groups in total. The normalized spacial score (nSPS) is 12.3. The van der Waals surface area contributed by atoms with Crippen LogP contribution in [-0.2, 0) is 0 Å². The largest absolute Gasteiger partial charge is 0.478 e. The molecule has 0 heterocycles. The maximum absolute atomic E-state index is 11.2. The molecule has 0 radical (unpaired) electrons. The molecule has 0 bridgehead atoms. The predicted octanol–water partition coefficient (Wildman–Crippen LogP) is 2.72. The first kappa shape index (κ1) is 13.4. The van der Waals surface area contributed by atoms with Gasteiger partial charge in [-0.3, -0.25) is 0 Å². The third kappa shape index (κ3) is 3.03. The lowest BCUT2D eigenvalue weighted by Crippen LogP contribution is -2.10. The van der Waals surface area contributed by atoms with Crippen LogP contribution in [0.2, 0.25) is 0 Å². The zero-order chi connectivity index (χ0) is 13.8. The van der Waals surface area contributed by atoms with E-state index in [0.717, 1.165) is 16.5 Å². The minimum Gasteiger partial charge on any atom is -0.478 e. The van der Waals surface area contributed by atoms with Crippen LogP contribution in [0.3, 0.4) is 0 Å². The third-order valence-corrected chi connectivity index (χ3v) is 3.03. The van der Waals surface area contributed by atoms with Gasteiger partial charge in [-0.05, 0) is 30.9 Å². The number of rotatable bonds is 5. The van der Waals surface area contributed by atoms with Crippen molar-refractivity contribution in [3.63, 3.8) is 0 Å². The molecule has 1 atom stereocenters. The summed E-state index contributed by atoms with van der Waals surface area (Å²) in [6, 6.07) is 10.8. The van der Waals surface area contributed by atoms with Gasteiger partial charge < -0.3 is 15.5 Å². The van der Waals surface area contributed by atoms with Gasteiger partial charge in [0.15, 0.2) is 0 Å². The Bertz CT molecular complexity index is 593. The molecule has 0 fully saturated rings. The van der Waals surface area contributed by atoms with Crippen LogP contribution in [0.1, 0.15) is 23.7 Å². The zero-order valence-corrected chi connectivity index (χ0v) is 10.8. The number of nitrogens with one attached hydrogen (secondary N) is 1. The van der Waals surface area contributed by atoms with Gasteiger partial charge in [0.25, 0.3) is 0 Å². The highest BCUT2D eigenvalue weighted by Gasteiger charge is 2.10. The number of anilines is 1. The average Bonchev–Trinajstić information content (AvgIpc) is 2.38. The first-order valence-electron chi connectivity index (χ1n) is 6.26. The summed E-state index contributed by atoms with van der Waals surface area (Å²) in [5.74, 6) is -0.924. The van der Waals surface area contributed by atoms with Crippen molar-refractivity contribution in [1.82, 2.24) is 0 Å². The predicted molar refractivity (Wildman–Crippen MR) is 75.7 cm³/mol. The van der Waals surface area contributed by atoms with Crippen molar-refractivity contribution >= 4 is 22.4 Å². The molecule has 19 heavy (non-hydrogen) atoms. The first-order valence-corrected chi connectivity index (χ1v) is 6.26. The topological polar surface area (TPSA) is 69.6 Å². The van der Waals surface area contributed by atoms with Crippen LogP contribution in [0.25, 0.3) is 10.8 Å². The van der Waals surface area contributed by atoms with Crippen molar-refractivity contribution < 1.29 is 15.0 Å². The Morgan fingerprint density at radius 1 is 1.21 bits per heavy atom. The zero-order valence-electron chi connectivity index (χ0n) is 10.8. The van der Waals surface area contributed by atoms with Crippen LogP contribution in [0.5, 0.6) is 0 Å². The van der Waals surface area contributed by atoms with Gasteiger partial charge in [-0.1, -0.05) is 24.3 Å². The molecule has 0 amide bonds. The SMILES string of the molecule is CC(O)CCNc1ccc(C(=O)O)c2ccccc12. The molecule has 0 saturated carbocycles. The van der Waals surface area contributed by atoms with Crippen molar-refractivity contribution in [2.45, 2.75) is 19.4 Å². The monoisotopic (exact) mass is 259 g/mol. The minimum atomic E-state index is -0.924. The van der Waals surface area contributed by atoms with Gasteiger partial charge in [0, 0.05) is 17.6 Å². The molecular weight excluding hydrogens is 242 g/mol. The fraction of sp³-hybridized carbons (Fsp3) is 0.267. The summed E-state index contributed by atoms with van der Waals surface area (Å²) in [7, 11) is 0. The lowest BCUT2D eigenvalue weighted by Gasteiger charge is -2.12. The van der Waals surface area contributed by atoms with Crippen molar-refractivity contribution in [1.29, 1.82) is 0 Å². The molecule has 4 heteroatoms. The van der Waals surface area contributed by atoms with Crippen LogP contribution < -0.4 is 5.32 Å². The second-order valence-corrected chi connectivity index (χ2v) is 4.58. The number of aliphatic hydroxyl groups is 1. The van der Waals surface area contributed by atoms with Gasteiger partial charge >= 0.3 is 5.97 Å². The summed E-state index contributed by atoms with van der Waals surface area (Å²) in [6.07, 6.45) is 0.298. The van der Waals surface area contributed by atoms with Gasteiger partial charge in [-0.15, -0.1) is 0 Å². The van der Waals surface area contributed by atoms with E-state index in [9.17, 15) is 9.90 Å². The van der Waals surface area contributed by atoms with Crippen LogP contribution in [0.15, 0.2) is 36.4 Å². The second kappa shape index (κ2) is 5.71. The Hall–Kier alpha value is -2.07. The van der Waals surface area contributed by atoms with E-state index in [0.29, 0.717) is 18.5 Å². The van der Waals surface area contributed by atoms with Crippen LogP contribution in [0, 0.1) is 0 Å². The Morgan fingerprint density at radius 3 is 2.53 bits per heavy atom. The summed E-state index contributed by atoms with van der Waals surface area (Å²) >= 11 is 0. The van der Waals surface area contributed by atoms with E-state index in [1.165, 1.54) is 0 Å². The smallest absolute Gasteiger partial charge is 0.336 e. The number of benzene rings is 2. The quantitative estimate of drug-likeness (QED) is 0.772. The van der Waals surface area contributed by atoms with Crippen molar-refractivity contribution in [3.8, 4) is 0 Å². The van der Waals surface area contributed by atoms with E-state index in [1.54, 1.807) is 25.1 Å². The third-order valence-electron chi connectivity index (χ3n) is 3.03. The molecule has 2 aromatic rings.